The molecule has 4 nitrogen and oxygen atoms in total. The van der Waals surface area contributed by atoms with Gasteiger partial charge < -0.3 is 10.1 Å². The lowest BCUT2D eigenvalue weighted by molar-refractivity contribution is -0.117. The summed E-state index contributed by atoms with van der Waals surface area (Å²) in [5, 5.41) is 6.83. The van der Waals surface area contributed by atoms with Gasteiger partial charge in [0, 0.05) is 28.5 Å². The second-order valence-corrected chi connectivity index (χ2v) is 7.82. The van der Waals surface area contributed by atoms with E-state index in [0.717, 1.165) is 0 Å². The Hall–Kier alpha value is -2.29. The zero-order chi connectivity index (χ0) is 19.1. The molecule has 0 radical (unpaired) electrons. The minimum absolute atomic E-state index is 0.0556. The van der Waals surface area contributed by atoms with Gasteiger partial charge in [0.25, 0.3) is 0 Å². The fourth-order valence-corrected chi connectivity index (χ4v) is 4.03. The summed E-state index contributed by atoms with van der Waals surface area (Å²) in [6.07, 6.45) is 0. The van der Waals surface area contributed by atoms with Gasteiger partial charge >= 0.3 is 6.61 Å². The van der Waals surface area contributed by atoms with Crippen LogP contribution in [0.1, 0.15) is 9.75 Å². The van der Waals surface area contributed by atoms with Crippen molar-refractivity contribution in [2.75, 3.05) is 11.9 Å². The van der Waals surface area contributed by atoms with Crippen LogP contribution < -0.4 is 10.1 Å². The molecular weight excluding hydrogens is 390 g/mol. The summed E-state index contributed by atoms with van der Waals surface area (Å²) in [5.74, 6) is -0.106. The van der Waals surface area contributed by atoms with Crippen LogP contribution in [0, 0.1) is 0 Å². The Kier molecular flexibility index (Phi) is 6.92. The van der Waals surface area contributed by atoms with Crippen LogP contribution in [-0.2, 0) is 17.9 Å². The Morgan fingerprint density at radius 2 is 1.59 bits per heavy atom. The molecule has 0 saturated heterocycles. The Morgan fingerprint density at radius 1 is 1.00 bits per heavy atom. The molecule has 8 heteroatoms. The van der Waals surface area contributed by atoms with Gasteiger partial charge in [0.05, 0.1) is 6.54 Å². The maximum atomic E-state index is 12.4. The summed E-state index contributed by atoms with van der Waals surface area (Å²) in [7, 11) is 0. The Morgan fingerprint density at radius 3 is 2.07 bits per heavy atom. The predicted molar refractivity (Wildman–Crippen MR) is 104 cm³/mol. The highest BCUT2D eigenvalue weighted by molar-refractivity contribution is 7.10. The van der Waals surface area contributed by atoms with E-state index in [0.29, 0.717) is 18.8 Å². The van der Waals surface area contributed by atoms with Crippen molar-refractivity contribution in [3.63, 3.8) is 0 Å². The van der Waals surface area contributed by atoms with Crippen LogP contribution in [0.4, 0.5) is 14.5 Å². The van der Waals surface area contributed by atoms with Crippen molar-refractivity contribution >= 4 is 34.3 Å². The summed E-state index contributed by atoms with van der Waals surface area (Å²) in [6.45, 7) is -1.27. The van der Waals surface area contributed by atoms with Crippen LogP contribution in [0.2, 0.25) is 0 Å². The second kappa shape index (κ2) is 9.59. The van der Waals surface area contributed by atoms with E-state index in [9.17, 15) is 13.6 Å². The molecule has 1 aromatic carbocycles. The van der Waals surface area contributed by atoms with Gasteiger partial charge in [-0.15, -0.1) is 22.7 Å². The van der Waals surface area contributed by atoms with Gasteiger partial charge in [-0.3, -0.25) is 9.69 Å². The number of rotatable bonds is 9. The number of anilines is 1. The molecule has 0 aliphatic rings. The van der Waals surface area contributed by atoms with E-state index in [1.165, 1.54) is 21.9 Å². The van der Waals surface area contributed by atoms with Gasteiger partial charge in [0.2, 0.25) is 5.91 Å². The molecule has 3 aromatic rings. The first-order valence-electron chi connectivity index (χ1n) is 8.20. The Balaban J connectivity index is 1.59. The largest absolute Gasteiger partial charge is 0.435 e. The number of amides is 1. The number of thiophene rings is 2. The average Bonchev–Trinajstić information content (AvgIpc) is 3.30. The van der Waals surface area contributed by atoms with Gasteiger partial charge in [0.1, 0.15) is 5.75 Å². The number of nitrogens with zero attached hydrogens (tertiary/aromatic N) is 1. The Bertz CT molecular complexity index is 786. The van der Waals surface area contributed by atoms with Crippen molar-refractivity contribution < 1.29 is 18.3 Å². The molecule has 0 bridgehead atoms. The first-order chi connectivity index (χ1) is 13.1. The molecule has 2 aromatic heterocycles. The number of alkyl halides is 2. The second-order valence-electron chi connectivity index (χ2n) is 5.75. The lowest BCUT2D eigenvalue weighted by Crippen LogP contribution is -2.32. The normalized spacial score (nSPS) is 11.1. The summed E-state index contributed by atoms with van der Waals surface area (Å²) in [4.78, 5) is 16.9. The molecule has 1 N–H and O–H groups in total. The van der Waals surface area contributed by atoms with Crippen LogP contribution in [-0.4, -0.2) is 24.0 Å². The highest BCUT2D eigenvalue weighted by Gasteiger charge is 2.14. The number of carbonyl (C=O) groups excluding carboxylic acids is 1. The zero-order valence-corrected chi connectivity index (χ0v) is 15.9. The zero-order valence-electron chi connectivity index (χ0n) is 14.3. The molecule has 0 saturated carbocycles. The van der Waals surface area contributed by atoms with E-state index in [-0.39, 0.29) is 18.2 Å². The fourth-order valence-electron chi connectivity index (χ4n) is 2.54. The van der Waals surface area contributed by atoms with Crippen molar-refractivity contribution in [3.8, 4) is 5.75 Å². The van der Waals surface area contributed by atoms with Crippen LogP contribution in [0.3, 0.4) is 0 Å². The van der Waals surface area contributed by atoms with Crippen molar-refractivity contribution in [1.29, 1.82) is 0 Å². The van der Waals surface area contributed by atoms with Gasteiger partial charge in [-0.2, -0.15) is 8.78 Å². The van der Waals surface area contributed by atoms with Crippen molar-refractivity contribution in [2.24, 2.45) is 0 Å². The number of nitrogens with one attached hydrogen (secondary N) is 1. The first kappa shape index (κ1) is 19.5. The van der Waals surface area contributed by atoms with Crippen molar-refractivity contribution in [1.82, 2.24) is 4.90 Å². The maximum absolute atomic E-state index is 12.4. The Labute approximate surface area is 164 Å². The summed E-state index contributed by atoms with van der Waals surface area (Å²) in [6, 6.07) is 14.0. The minimum Gasteiger partial charge on any atom is -0.435 e. The standard InChI is InChI=1S/C19H18F2N2O2S2/c20-19(21)25-15-7-5-14(6-8-15)22-18(24)13-23(11-16-3-1-9-26-16)12-17-4-2-10-27-17/h1-10,19H,11-13H2,(H,22,24). The van der Waals surface area contributed by atoms with E-state index in [4.69, 9.17) is 0 Å². The van der Waals surface area contributed by atoms with Crippen LogP contribution in [0.5, 0.6) is 5.75 Å². The number of benzene rings is 1. The molecule has 27 heavy (non-hydrogen) atoms. The molecule has 0 aliphatic carbocycles. The summed E-state index contributed by atoms with van der Waals surface area (Å²) >= 11 is 3.31. The van der Waals surface area contributed by atoms with Gasteiger partial charge in [-0.25, -0.2) is 0 Å². The van der Waals surface area contributed by atoms with E-state index in [1.54, 1.807) is 34.8 Å². The SMILES string of the molecule is O=C(CN(Cc1cccs1)Cc1cccs1)Nc1ccc(OC(F)F)cc1. The first-order valence-corrected chi connectivity index (χ1v) is 9.96. The van der Waals surface area contributed by atoms with Gasteiger partial charge in [0.15, 0.2) is 0 Å². The average molecular weight is 408 g/mol. The van der Waals surface area contributed by atoms with Gasteiger partial charge in [-0.1, -0.05) is 12.1 Å². The summed E-state index contributed by atoms with van der Waals surface area (Å²) in [5.41, 5.74) is 0.536. The fraction of sp³-hybridized carbons (Fsp3) is 0.211. The van der Waals surface area contributed by atoms with Crippen molar-refractivity contribution in [3.05, 3.63) is 69.0 Å². The molecule has 142 valence electrons. The number of hydrogen-bond acceptors (Lipinski definition) is 5. The third-order valence-corrected chi connectivity index (χ3v) is 5.37. The van der Waals surface area contributed by atoms with Crippen LogP contribution in [0.25, 0.3) is 0 Å². The topological polar surface area (TPSA) is 41.6 Å². The quantitative estimate of drug-likeness (QED) is 0.539. The lowest BCUT2D eigenvalue weighted by Gasteiger charge is -2.20. The number of hydrogen-bond donors (Lipinski definition) is 1. The minimum atomic E-state index is -2.87. The molecule has 0 atom stereocenters. The van der Waals surface area contributed by atoms with E-state index in [1.807, 2.05) is 35.0 Å². The third kappa shape index (κ3) is 6.42. The number of carbonyl (C=O) groups is 1. The molecule has 0 spiro atoms. The van der Waals surface area contributed by atoms with Crippen LogP contribution in [0.15, 0.2) is 59.3 Å². The van der Waals surface area contributed by atoms with Crippen LogP contribution >= 0.6 is 22.7 Å². The van der Waals surface area contributed by atoms with Crippen molar-refractivity contribution in [2.45, 2.75) is 19.7 Å². The smallest absolute Gasteiger partial charge is 0.387 e. The number of halogens is 2. The predicted octanol–water partition coefficient (Wildman–Crippen LogP) is 5.05. The van der Waals surface area contributed by atoms with E-state index < -0.39 is 6.61 Å². The molecule has 3 rings (SSSR count). The van der Waals surface area contributed by atoms with E-state index in [2.05, 4.69) is 15.0 Å². The highest BCUT2D eigenvalue weighted by Crippen LogP contribution is 2.19. The molecule has 0 fully saturated rings. The third-order valence-electron chi connectivity index (χ3n) is 3.65. The lowest BCUT2D eigenvalue weighted by atomic mass is 10.3. The molecule has 0 aliphatic heterocycles. The summed E-state index contributed by atoms with van der Waals surface area (Å²) < 4.78 is 28.7. The molecule has 0 unspecified atom stereocenters. The highest BCUT2D eigenvalue weighted by atomic mass is 32.1. The molecule has 2 heterocycles. The molecular formula is C19H18F2N2O2S2. The molecule has 1 amide bonds. The van der Waals surface area contributed by atoms with E-state index >= 15 is 0 Å². The monoisotopic (exact) mass is 408 g/mol. The maximum Gasteiger partial charge on any atom is 0.387 e. The van der Waals surface area contributed by atoms with Gasteiger partial charge in [-0.05, 0) is 47.2 Å². The number of ether oxygens (including phenoxy) is 1.